The van der Waals surface area contributed by atoms with Gasteiger partial charge in [-0.15, -0.1) is 10.2 Å². The Balaban J connectivity index is 1.56. The van der Waals surface area contributed by atoms with E-state index in [9.17, 15) is 4.79 Å². The molecule has 0 spiro atoms. The molecule has 0 unspecified atom stereocenters. The number of amides is 1. The van der Waals surface area contributed by atoms with Crippen LogP contribution in [-0.4, -0.2) is 27.5 Å². The fourth-order valence-corrected chi connectivity index (χ4v) is 2.59. The Hall–Kier alpha value is -3.19. The molecule has 0 bridgehead atoms. The number of nitrogens with one attached hydrogen (secondary N) is 1. The number of benzene rings is 2. The molecule has 0 radical (unpaired) electrons. The minimum absolute atomic E-state index is 0.0514. The van der Waals surface area contributed by atoms with Gasteiger partial charge in [0.05, 0.1) is 5.69 Å². The van der Waals surface area contributed by atoms with Crippen LogP contribution in [0.2, 0.25) is 0 Å². The minimum atomic E-state index is -0.700. The minimum Gasteiger partial charge on any atom is -0.467 e. The van der Waals surface area contributed by atoms with Crippen molar-refractivity contribution in [2.24, 2.45) is 0 Å². The second-order valence-corrected chi connectivity index (χ2v) is 5.26. The SMILES string of the molecule is O=C(Nc1cccc(-n2cnnc2)c1)[C@@H]1OCOc2ccccc21. The van der Waals surface area contributed by atoms with E-state index in [-0.39, 0.29) is 12.7 Å². The normalized spacial score (nSPS) is 16.1. The van der Waals surface area contributed by atoms with Gasteiger partial charge in [-0.2, -0.15) is 0 Å². The maximum absolute atomic E-state index is 12.6. The van der Waals surface area contributed by atoms with Crippen LogP contribution >= 0.6 is 0 Å². The van der Waals surface area contributed by atoms with Gasteiger partial charge in [-0.3, -0.25) is 9.36 Å². The molecule has 2 aromatic carbocycles. The Morgan fingerprint density at radius 3 is 2.83 bits per heavy atom. The summed E-state index contributed by atoms with van der Waals surface area (Å²) < 4.78 is 12.6. The first-order valence-corrected chi connectivity index (χ1v) is 7.40. The molecule has 1 aromatic heterocycles. The second kappa shape index (κ2) is 6.13. The highest BCUT2D eigenvalue weighted by Crippen LogP contribution is 2.32. The molecule has 1 aliphatic rings. The molecule has 1 N–H and O–H groups in total. The van der Waals surface area contributed by atoms with Crippen LogP contribution in [0.15, 0.2) is 61.2 Å². The Bertz CT molecular complexity index is 864. The van der Waals surface area contributed by atoms with Crippen molar-refractivity contribution in [3.05, 3.63) is 66.7 Å². The van der Waals surface area contributed by atoms with Crippen LogP contribution in [0.25, 0.3) is 5.69 Å². The van der Waals surface area contributed by atoms with Gasteiger partial charge in [0.15, 0.2) is 12.9 Å². The largest absolute Gasteiger partial charge is 0.467 e. The van der Waals surface area contributed by atoms with Crippen LogP contribution < -0.4 is 10.1 Å². The van der Waals surface area contributed by atoms with Gasteiger partial charge in [-0.25, -0.2) is 0 Å². The first kappa shape index (κ1) is 14.4. The highest BCUT2D eigenvalue weighted by Gasteiger charge is 2.28. The zero-order valence-corrected chi connectivity index (χ0v) is 12.6. The molecule has 0 aliphatic carbocycles. The summed E-state index contributed by atoms with van der Waals surface area (Å²) in [5.74, 6) is 0.425. The number of hydrogen-bond donors (Lipinski definition) is 1. The van der Waals surface area contributed by atoms with Crippen molar-refractivity contribution < 1.29 is 14.3 Å². The molecule has 0 saturated heterocycles. The average molecular weight is 322 g/mol. The molecular weight excluding hydrogens is 308 g/mol. The summed E-state index contributed by atoms with van der Waals surface area (Å²) in [7, 11) is 0. The molecule has 1 amide bonds. The molecule has 2 heterocycles. The smallest absolute Gasteiger partial charge is 0.258 e. The predicted octanol–water partition coefficient (Wildman–Crippen LogP) is 2.31. The number of para-hydroxylation sites is 1. The summed E-state index contributed by atoms with van der Waals surface area (Å²) >= 11 is 0. The average Bonchev–Trinajstić information content (AvgIpc) is 3.16. The van der Waals surface area contributed by atoms with E-state index in [1.54, 1.807) is 17.2 Å². The quantitative estimate of drug-likeness (QED) is 0.800. The predicted molar refractivity (Wildman–Crippen MR) is 85.8 cm³/mol. The Kier molecular flexibility index (Phi) is 3.68. The van der Waals surface area contributed by atoms with Gasteiger partial charge < -0.3 is 14.8 Å². The number of rotatable bonds is 3. The van der Waals surface area contributed by atoms with Crippen molar-refractivity contribution in [1.82, 2.24) is 14.8 Å². The van der Waals surface area contributed by atoms with Gasteiger partial charge in [0.1, 0.15) is 18.4 Å². The number of hydrogen-bond acceptors (Lipinski definition) is 5. The van der Waals surface area contributed by atoms with Crippen molar-refractivity contribution in [3.8, 4) is 11.4 Å². The van der Waals surface area contributed by atoms with E-state index >= 15 is 0 Å². The standard InChI is InChI=1S/C17H14N4O3/c22-17(16-14-6-1-2-7-15(14)23-11-24-16)20-12-4-3-5-13(8-12)21-9-18-19-10-21/h1-10,16H,11H2,(H,20,22)/t16-/m1/s1. The number of carbonyl (C=O) groups is 1. The monoisotopic (exact) mass is 322 g/mol. The maximum atomic E-state index is 12.6. The number of fused-ring (bicyclic) bond motifs is 1. The summed E-state index contributed by atoms with van der Waals surface area (Å²) in [5.41, 5.74) is 2.24. The first-order chi connectivity index (χ1) is 11.8. The number of nitrogens with zero attached hydrogens (tertiary/aromatic N) is 3. The molecule has 1 atom stereocenters. The number of carbonyl (C=O) groups excluding carboxylic acids is 1. The van der Waals surface area contributed by atoms with E-state index < -0.39 is 6.10 Å². The molecule has 120 valence electrons. The van der Waals surface area contributed by atoms with Crippen LogP contribution in [-0.2, 0) is 9.53 Å². The first-order valence-electron chi connectivity index (χ1n) is 7.40. The molecule has 0 fully saturated rings. The van der Waals surface area contributed by atoms with Crippen molar-refractivity contribution in [2.75, 3.05) is 12.1 Å². The Morgan fingerprint density at radius 2 is 1.96 bits per heavy atom. The van der Waals surface area contributed by atoms with Crippen LogP contribution in [0.1, 0.15) is 11.7 Å². The van der Waals surface area contributed by atoms with Crippen molar-refractivity contribution >= 4 is 11.6 Å². The number of anilines is 1. The fourth-order valence-electron chi connectivity index (χ4n) is 2.59. The van der Waals surface area contributed by atoms with E-state index in [1.165, 1.54) is 0 Å². The zero-order valence-electron chi connectivity index (χ0n) is 12.6. The van der Waals surface area contributed by atoms with Crippen LogP contribution in [0.4, 0.5) is 5.69 Å². The van der Waals surface area contributed by atoms with E-state index in [0.717, 1.165) is 11.3 Å². The van der Waals surface area contributed by atoms with Crippen molar-refractivity contribution in [1.29, 1.82) is 0 Å². The summed E-state index contributed by atoms with van der Waals surface area (Å²) in [6.45, 7) is 0.0514. The molecule has 4 rings (SSSR count). The third kappa shape index (κ3) is 2.72. The van der Waals surface area contributed by atoms with Gasteiger partial charge in [0.25, 0.3) is 5.91 Å². The second-order valence-electron chi connectivity index (χ2n) is 5.26. The highest BCUT2D eigenvalue weighted by molar-refractivity contribution is 5.95. The molecule has 7 heteroatoms. The van der Waals surface area contributed by atoms with Gasteiger partial charge in [0.2, 0.25) is 0 Å². The number of aromatic nitrogens is 3. The number of ether oxygens (including phenoxy) is 2. The lowest BCUT2D eigenvalue weighted by molar-refractivity contribution is -0.136. The van der Waals surface area contributed by atoms with E-state index in [1.807, 2.05) is 48.5 Å². The lowest BCUT2D eigenvalue weighted by Gasteiger charge is -2.25. The maximum Gasteiger partial charge on any atom is 0.258 e. The molecule has 24 heavy (non-hydrogen) atoms. The lowest BCUT2D eigenvalue weighted by atomic mass is 10.1. The van der Waals surface area contributed by atoms with Crippen LogP contribution in [0.5, 0.6) is 5.75 Å². The zero-order chi connectivity index (χ0) is 16.4. The van der Waals surface area contributed by atoms with Gasteiger partial charge in [-0.1, -0.05) is 24.3 Å². The third-order valence-corrected chi connectivity index (χ3v) is 3.72. The summed E-state index contributed by atoms with van der Waals surface area (Å²) in [5, 5.41) is 10.4. The molecule has 3 aromatic rings. The summed E-state index contributed by atoms with van der Waals surface area (Å²) in [6, 6.07) is 14.8. The van der Waals surface area contributed by atoms with Crippen molar-refractivity contribution in [3.63, 3.8) is 0 Å². The highest BCUT2D eigenvalue weighted by atomic mass is 16.7. The molecular formula is C17H14N4O3. The van der Waals surface area contributed by atoms with Gasteiger partial charge in [0, 0.05) is 11.3 Å². The Labute approximate surface area is 137 Å². The Morgan fingerprint density at radius 1 is 1.12 bits per heavy atom. The van der Waals surface area contributed by atoms with Gasteiger partial charge >= 0.3 is 0 Å². The summed E-state index contributed by atoms with van der Waals surface area (Å²) in [6.07, 6.45) is 2.49. The topological polar surface area (TPSA) is 78.3 Å². The summed E-state index contributed by atoms with van der Waals surface area (Å²) in [4.78, 5) is 12.6. The van der Waals surface area contributed by atoms with E-state index in [2.05, 4.69) is 15.5 Å². The molecule has 0 saturated carbocycles. The fraction of sp³-hybridized carbons (Fsp3) is 0.118. The molecule has 1 aliphatic heterocycles. The van der Waals surface area contributed by atoms with Crippen molar-refractivity contribution in [2.45, 2.75) is 6.10 Å². The van der Waals surface area contributed by atoms with Gasteiger partial charge in [-0.05, 0) is 24.3 Å². The third-order valence-electron chi connectivity index (χ3n) is 3.72. The van der Waals surface area contributed by atoms with E-state index in [4.69, 9.17) is 9.47 Å². The van der Waals surface area contributed by atoms with Crippen LogP contribution in [0.3, 0.4) is 0 Å². The molecule has 7 nitrogen and oxygen atoms in total. The lowest BCUT2D eigenvalue weighted by Crippen LogP contribution is -2.28. The van der Waals surface area contributed by atoms with Crippen LogP contribution in [0, 0.1) is 0 Å². The van der Waals surface area contributed by atoms with E-state index in [0.29, 0.717) is 11.4 Å².